The fourth-order valence-electron chi connectivity index (χ4n) is 0. The van der Waals surface area contributed by atoms with Gasteiger partial charge in [0.2, 0.25) is 0 Å². The van der Waals surface area contributed by atoms with Gasteiger partial charge in [0, 0.05) is 6.92 Å². The molecule has 1 N–H and O–H groups in total. The Kier molecular flexibility index (Phi) is 21.2. The van der Waals surface area contributed by atoms with Crippen LogP contribution in [0.5, 0.6) is 0 Å². The second-order valence-electron chi connectivity index (χ2n) is 1.79. The number of carbonyl (C=O) groups excluding carboxylic acids is 1. The van der Waals surface area contributed by atoms with Crippen LogP contribution in [0.3, 0.4) is 0 Å². The van der Waals surface area contributed by atoms with Crippen LogP contribution in [0.2, 0.25) is 0 Å². The minimum atomic E-state index is -0.833. The van der Waals surface area contributed by atoms with Gasteiger partial charge in [-0.3, -0.25) is 11.1 Å². The summed E-state index contributed by atoms with van der Waals surface area (Å²) in [6, 6.07) is 0. The molecule has 0 bridgehead atoms. The topological polar surface area (TPSA) is 54.4 Å². The molecule has 54 valence electrons. The van der Waals surface area contributed by atoms with E-state index >= 15 is 0 Å². The number of rotatable bonds is 1. The molecule has 3 nitrogen and oxygen atoms in total. The first-order valence-corrected chi connectivity index (χ1v) is 2.58. The maximum Gasteiger partial charge on any atom is 1.00 e. The second kappa shape index (κ2) is 12.5. The van der Waals surface area contributed by atoms with Crippen molar-refractivity contribution in [2.24, 2.45) is 5.92 Å². The van der Waals surface area contributed by atoms with Gasteiger partial charge in [-0.2, -0.15) is 0 Å². The van der Waals surface area contributed by atoms with Gasteiger partial charge >= 0.3 is 51.4 Å². The van der Waals surface area contributed by atoms with Crippen LogP contribution in [0.15, 0.2) is 0 Å². The number of carbonyl (C=O) groups is 1. The Labute approximate surface area is 104 Å². The summed E-state index contributed by atoms with van der Waals surface area (Å²) in [6.45, 7) is 4.68. The Morgan fingerprint density at radius 1 is 1.50 bits per heavy atom. The van der Waals surface area contributed by atoms with Crippen LogP contribution in [0.25, 0.3) is 0 Å². The first-order chi connectivity index (χ1) is 4.00. The molecule has 0 atom stereocenters. The summed E-state index contributed by atoms with van der Waals surface area (Å²) >= 11 is 0. The van der Waals surface area contributed by atoms with E-state index in [0.29, 0.717) is 0 Å². The number of hydrogen-bond acceptors (Lipinski definition) is 2. The van der Waals surface area contributed by atoms with Gasteiger partial charge in [-0.05, 0) is 0 Å². The summed E-state index contributed by atoms with van der Waals surface area (Å²) in [5, 5.41) is 7.42. The van der Waals surface area contributed by atoms with Crippen molar-refractivity contribution >= 4 is 12.3 Å². The molecule has 0 unspecified atom stereocenters. The van der Waals surface area contributed by atoms with Gasteiger partial charge in [0.25, 0.3) is 5.97 Å². The van der Waals surface area contributed by atoms with Crippen LogP contribution < -0.4 is 51.4 Å². The molecular weight excluding hydrogens is 159 g/mol. The fourth-order valence-corrected chi connectivity index (χ4v) is 0. The average Bonchev–Trinajstić information content (AvgIpc) is 1.65. The monoisotopic (exact) mass is 170 g/mol. The molecular formula is C6H11KO3. The Hall–Kier alpha value is 0.776. The summed E-state index contributed by atoms with van der Waals surface area (Å²) < 4.78 is 0. The summed E-state index contributed by atoms with van der Waals surface area (Å²) in [5.41, 5.74) is 0. The van der Waals surface area contributed by atoms with E-state index in [9.17, 15) is 4.79 Å². The molecule has 0 saturated carbocycles. The van der Waals surface area contributed by atoms with Crippen molar-refractivity contribution in [3.8, 4) is 0 Å². The largest absolute Gasteiger partial charge is 1.00 e. The molecule has 0 aromatic heterocycles. The zero-order valence-corrected chi connectivity index (χ0v) is 9.96. The van der Waals surface area contributed by atoms with Gasteiger partial charge in [-0.25, -0.2) is 0 Å². The maximum atomic E-state index is 9.38. The Morgan fingerprint density at radius 3 is 1.60 bits per heavy atom. The third-order valence-electron chi connectivity index (χ3n) is 0.236. The van der Waals surface area contributed by atoms with Crippen molar-refractivity contribution in [2.45, 2.75) is 20.8 Å². The first-order valence-electron chi connectivity index (χ1n) is 2.58. The number of carboxylic acids is 1. The van der Waals surface area contributed by atoms with Crippen LogP contribution in [-0.2, 0) is 9.59 Å². The van der Waals surface area contributed by atoms with Crippen molar-refractivity contribution in [3.05, 3.63) is 0 Å². The summed E-state index contributed by atoms with van der Waals surface area (Å²) in [4.78, 5) is 18.4. The Bertz CT molecular complexity index is 87.0. The van der Waals surface area contributed by atoms with Crippen molar-refractivity contribution in [1.82, 2.24) is 0 Å². The normalized spacial score (nSPS) is 6.80. The number of carboxylic acid groups (broad SMARTS) is 1. The quantitative estimate of drug-likeness (QED) is 0.360. The van der Waals surface area contributed by atoms with Crippen molar-refractivity contribution < 1.29 is 66.1 Å². The molecule has 0 aromatic rings. The molecule has 0 aliphatic heterocycles. The third-order valence-corrected chi connectivity index (χ3v) is 0.236. The molecule has 0 saturated heterocycles. The Morgan fingerprint density at radius 2 is 1.60 bits per heavy atom. The van der Waals surface area contributed by atoms with Gasteiger partial charge in [0.05, 0.1) is 0 Å². The van der Waals surface area contributed by atoms with E-state index in [2.05, 4.69) is 0 Å². The van der Waals surface area contributed by atoms with Crippen LogP contribution in [0.4, 0.5) is 0 Å². The first kappa shape index (κ1) is 17.0. The van der Waals surface area contributed by atoms with Crippen LogP contribution in [0.1, 0.15) is 20.8 Å². The van der Waals surface area contributed by atoms with Gasteiger partial charge in [0.15, 0.2) is 0 Å². The molecule has 10 heavy (non-hydrogen) atoms. The van der Waals surface area contributed by atoms with E-state index in [4.69, 9.17) is 9.90 Å². The zero-order chi connectivity index (χ0) is 7.86. The zero-order valence-electron chi connectivity index (χ0n) is 6.84. The molecule has 0 spiro atoms. The van der Waals surface area contributed by atoms with E-state index in [1.54, 1.807) is 20.1 Å². The van der Waals surface area contributed by atoms with Crippen molar-refractivity contribution in [1.29, 1.82) is 0 Å². The molecule has 0 aliphatic carbocycles. The van der Waals surface area contributed by atoms with E-state index in [-0.39, 0.29) is 57.3 Å². The molecule has 4 heteroatoms. The molecule has 0 aromatic carbocycles. The van der Waals surface area contributed by atoms with Gasteiger partial charge in [-0.1, -0.05) is 13.8 Å². The summed E-state index contributed by atoms with van der Waals surface area (Å²) in [7, 11) is 0. The smallest absolute Gasteiger partial charge is 0.542 e. The number of aliphatic carboxylic acids is 1. The fraction of sp³-hybridized carbons (Fsp3) is 0.667. The van der Waals surface area contributed by atoms with Crippen LogP contribution in [0, 0.1) is 5.92 Å². The predicted octanol–water partition coefficient (Wildman–Crippen LogP) is -2.15. The Balaban J connectivity index is -0.0000000910. The minimum Gasteiger partial charge on any atom is -0.542 e. The van der Waals surface area contributed by atoms with E-state index in [1.807, 2.05) is 0 Å². The third kappa shape index (κ3) is 68.9. The SMILES string of the molecule is CC(=O)O.CC(C)[C-]=O.[K+]. The maximum absolute atomic E-state index is 9.38. The molecule has 0 fully saturated rings. The number of hydrogen-bond donors (Lipinski definition) is 1. The molecule has 0 aliphatic rings. The molecule has 0 radical (unpaired) electrons. The molecule has 0 rings (SSSR count). The standard InChI is InChI=1S/C4H7O.C2H4O2.K/c1-4(2)3-5;1-2(3)4;/h4H,1-2H3;1H3,(H,3,4);/q-1;;+1. The van der Waals surface area contributed by atoms with Gasteiger partial charge in [0.1, 0.15) is 0 Å². The van der Waals surface area contributed by atoms with E-state index in [0.717, 1.165) is 6.92 Å². The van der Waals surface area contributed by atoms with Gasteiger partial charge in [-0.15, -0.1) is 5.92 Å². The average molecular weight is 170 g/mol. The second-order valence-corrected chi connectivity index (χ2v) is 1.79. The van der Waals surface area contributed by atoms with Crippen LogP contribution in [-0.4, -0.2) is 17.4 Å². The summed E-state index contributed by atoms with van der Waals surface area (Å²) in [5.74, 6) is -0.755. The van der Waals surface area contributed by atoms with E-state index in [1.165, 1.54) is 0 Å². The molecule has 0 heterocycles. The predicted molar refractivity (Wildman–Crippen MR) is 33.8 cm³/mol. The minimum absolute atomic E-state index is 0. The van der Waals surface area contributed by atoms with Crippen molar-refractivity contribution in [3.63, 3.8) is 0 Å². The summed E-state index contributed by atoms with van der Waals surface area (Å²) in [6.07, 6.45) is 1.78. The van der Waals surface area contributed by atoms with Crippen molar-refractivity contribution in [2.75, 3.05) is 0 Å². The van der Waals surface area contributed by atoms with Gasteiger partial charge < -0.3 is 9.90 Å². The molecule has 0 amide bonds. The van der Waals surface area contributed by atoms with Crippen LogP contribution >= 0.6 is 0 Å². The van der Waals surface area contributed by atoms with E-state index < -0.39 is 5.97 Å².